The maximum absolute atomic E-state index is 10.7. The molecule has 4 aliphatic rings. The van der Waals surface area contributed by atoms with E-state index in [1.165, 1.54) is 25.7 Å². The largest absolute Gasteiger partial charge is 0.390 e. The van der Waals surface area contributed by atoms with E-state index in [4.69, 9.17) is 4.74 Å². The molecule has 2 nitrogen and oxygen atoms in total. The van der Waals surface area contributed by atoms with Crippen LogP contribution in [0.5, 0.6) is 0 Å². The van der Waals surface area contributed by atoms with Gasteiger partial charge in [-0.1, -0.05) is 6.92 Å². The van der Waals surface area contributed by atoms with Crippen molar-refractivity contribution in [1.29, 1.82) is 0 Å². The monoisotopic (exact) mass is 236 g/mol. The Morgan fingerprint density at radius 1 is 1.18 bits per heavy atom. The van der Waals surface area contributed by atoms with Crippen LogP contribution in [0.2, 0.25) is 0 Å². The van der Waals surface area contributed by atoms with E-state index in [1.807, 2.05) is 0 Å². The summed E-state index contributed by atoms with van der Waals surface area (Å²) in [6.45, 7) is 6.87. The first-order valence-corrected chi connectivity index (χ1v) is 7.31. The van der Waals surface area contributed by atoms with Gasteiger partial charge in [-0.05, 0) is 63.2 Å². The Balaban J connectivity index is 1.90. The van der Waals surface area contributed by atoms with E-state index in [0.717, 1.165) is 12.3 Å². The first kappa shape index (κ1) is 10.8. The molecule has 3 saturated carbocycles. The Hall–Kier alpha value is -0.0800. The van der Waals surface area contributed by atoms with Crippen molar-refractivity contribution < 1.29 is 9.84 Å². The van der Waals surface area contributed by atoms with E-state index in [1.54, 1.807) is 0 Å². The van der Waals surface area contributed by atoms with Gasteiger partial charge in [0, 0.05) is 5.92 Å². The van der Waals surface area contributed by atoms with E-state index in [-0.39, 0.29) is 17.3 Å². The molecule has 1 saturated heterocycles. The third-order valence-electron chi connectivity index (χ3n) is 7.15. The number of hydrogen-bond acceptors (Lipinski definition) is 2. The number of hydrogen-bond donors (Lipinski definition) is 1. The second kappa shape index (κ2) is 2.75. The van der Waals surface area contributed by atoms with E-state index in [2.05, 4.69) is 20.8 Å². The summed E-state index contributed by atoms with van der Waals surface area (Å²) >= 11 is 0. The number of aliphatic hydroxyl groups is 1. The first-order chi connectivity index (χ1) is 7.92. The van der Waals surface area contributed by atoms with Gasteiger partial charge in [0.1, 0.15) is 0 Å². The Kier molecular flexibility index (Phi) is 1.75. The van der Waals surface area contributed by atoms with Crippen LogP contribution in [-0.4, -0.2) is 22.4 Å². The molecule has 3 aliphatic carbocycles. The minimum absolute atomic E-state index is 0.0382. The molecule has 1 N–H and O–H groups in total. The van der Waals surface area contributed by atoms with E-state index in [9.17, 15) is 5.11 Å². The van der Waals surface area contributed by atoms with Gasteiger partial charge in [0.25, 0.3) is 0 Å². The highest BCUT2D eigenvalue weighted by molar-refractivity contribution is 5.22. The van der Waals surface area contributed by atoms with Crippen LogP contribution in [0.15, 0.2) is 0 Å². The molecule has 0 aromatic carbocycles. The van der Waals surface area contributed by atoms with Gasteiger partial charge in [0.15, 0.2) is 0 Å². The lowest BCUT2D eigenvalue weighted by Crippen LogP contribution is -2.57. The van der Waals surface area contributed by atoms with Crippen molar-refractivity contribution in [2.24, 2.45) is 23.2 Å². The summed E-state index contributed by atoms with van der Waals surface area (Å²) in [5.41, 5.74) is 0.205. The highest BCUT2D eigenvalue weighted by Crippen LogP contribution is 2.72. The lowest BCUT2D eigenvalue weighted by Gasteiger charge is -2.54. The fourth-order valence-electron chi connectivity index (χ4n) is 6.16. The molecule has 0 amide bonds. The molecule has 7 atom stereocenters. The molecule has 17 heavy (non-hydrogen) atoms. The molecule has 1 aliphatic heterocycles. The van der Waals surface area contributed by atoms with Gasteiger partial charge in [-0.2, -0.15) is 0 Å². The molecule has 4 rings (SSSR count). The minimum Gasteiger partial charge on any atom is -0.390 e. The van der Waals surface area contributed by atoms with Crippen LogP contribution in [0.1, 0.15) is 52.9 Å². The molecule has 0 aromatic rings. The van der Waals surface area contributed by atoms with Crippen molar-refractivity contribution in [1.82, 2.24) is 0 Å². The van der Waals surface area contributed by atoms with Gasteiger partial charge in [-0.25, -0.2) is 0 Å². The summed E-state index contributed by atoms with van der Waals surface area (Å²) in [4.78, 5) is 0. The molecule has 3 bridgehead atoms. The number of rotatable bonds is 0. The lowest BCUT2D eigenvalue weighted by molar-refractivity contribution is -0.145. The second-order valence-electron chi connectivity index (χ2n) is 7.62. The predicted molar refractivity (Wildman–Crippen MR) is 65.6 cm³/mol. The van der Waals surface area contributed by atoms with Gasteiger partial charge in [-0.3, -0.25) is 0 Å². The number of fused-ring (bicyclic) bond motifs is 2. The zero-order valence-electron chi connectivity index (χ0n) is 11.2. The summed E-state index contributed by atoms with van der Waals surface area (Å²) < 4.78 is 6.47. The standard InChI is InChI=1S/C15H24O2/c1-9-4-5-11-14(3)12(16)10-8-15(9,11)7-6-13(10,2)17-14/h9-12,16H,4-8H2,1-3H3/t9-,10-,11-,12+,13-,14+,15+/m1/s1. The average molecular weight is 236 g/mol. The summed E-state index contributed by atoms with van der Waals surface area (Å²) in [6, 6.07) is 0. The molecule has 1 heterocycles. The molecule has 1 spiro atoms. The topological polar surface area (TPSA) is 29.5 Å². The summed E-state index contributed by atoms with van der Waals surface area (Å²) in [5, 5.41) is 10.7. The van der Waals surface area contributed by atoms with Crippen LogP contribution >= 0.6 is 0 Å². The van der Waals surface area contributed by atoms with Gasteiger partial charge >= 0.3 is 0 Å². The van der Waals surface area contributed by atoms with Gasteiger partial charge in [0.05, 0.1) is 17.3 Å². The molecular formula is C15H24O2. The second-order valence-corrected chi connectivity index (χ2v) is 7.62. The number of aliphatic hydroxyl groups excluding tert-OH is 1. The van der Waals surface area contributed by atoms with Crippen LogP contribution in [0.25, 0.3) is 0 Å². The van der Waals surface area contributed by atoms with Gasteiger partial charge in [0.2, 0.25) is 0 Å². The van der Waals surface area contributed by atoms with Crippen molar-refractivity contribution in [3.05, 3.63) is 0 Å². The number of ether oxygens (including phenoxy) is 1. The third-order valence-corrected chi connectivity index (χ3v) is 7.15. The van der Waals surface area contributed by atoms with Gasteiger partial charge in [-0.15, -0.1) is 0 Å². The zero-order chi connectivity index (χ0) is 12.1. The molecule has 0 aromatic heterocycles. The summed E-state index contributed by atoms with van der Waals surface area (Å²) in [7, 11) is 0. The molecule has 96 valence electrons. The highest BCUT2D eigenvalue weighted by Gasteiger charge is 2.74. The Bertz CT molecular complexity index is 381. The summed E-state index contributed by atoms with van der Waals surface area (Å²) in [5.74, 6) is 1.81. The fraction of sp³-hybridized carbons (Fsp3) is 1.00. The zero-order valence-corrected chi connectivity index (χ0v) is 11.2. The normalized spacial score (nSPS) is 68.5. The molecule has 0 unspecified atom stereocenters. The van der Waals surface area contributed by atoms with E-state index in [0.29, 0.717) is 17.3 Å². The van der Waals surface area contributed by atoms with Crippen LogP contribution in [0.3, 0.4) is 0 Å². The van der Waals surface area contributed by atoms with Crippen molar-refractivity contribution >= 4 is 0 Å². The highest BCUT2D eigenvalue weighted by atomic mass is 16.6. The van der Waals surface area contributed by atoms with Crippen LogP contribution < -0.4 is 0 Å². The molecule has 4 fully saturated rings. The van der Waals surface area contributed by atoms with E-state index < -0.39 is 0 Å². The van der Waals surface area contributed by atoms with Crippen LogP contribution in [-0.2, 0) is 4.74 Å². The quantitative estimate of drug-likeness (QED) is 0.701. The Morgan fingerprint density at radius 3 is 2.71 bits per heavy atom. The van der Waals surface area contributed by atoms with Crippen LogP contribution in [0.4, 0.5) is 0 Å². The molecular weight excluding hydrogens is 212 g/mol. The van der Waals surface area contributed by atoms with Crippen molar-refractivity contribution in [2.45, 2.75) is 70.2 Å². The minimum atomic E-state index is -0.251. The molecule has 2 heteroatoms. The molecule has 0 radical (unpaired) electrons. The van der Waals surface area contributed by atoms with Crippen LogP contribution in [0, 0.1) is 23.2 Å². The summed E-state index contributed by atoms with van der Waals surface area (Å²) in [6.07, 6.45) is 6.07. The van der Waals surface area contributed by atoms with Crippen molar-refractivity contribution in [3.8, 4) is 0 Å². The first-order valence-electron chi connectivity index (χ1n) is 7.31. The Labute approximate surface area is 104 Å². The third kappa shape index (κ3) is 0.952. The maximum Gasteiger partial charge on any atom is 0.0956 e. The average Bonchev–Trinajstić information content (AvgIpc) is 2.62. The van der Waals surface area contributed by atoms with Crippen molar-refractivity contribution in [2.75, 3.05) is 0 Å². The van der Waals surface area contributed by atoms with Gasteiger partial charge < -0.3 is 9.84 Å². The van der Waals surface area contributed by atoms with Crippen molar-refractivity contribution in [3.63, 3.8) is 0 Å². The smallest absolute Gasteiger partial charge is 0.0956 e. The predicted octanol–water partition coefficient (Wildman–Crippen LogP) is 2.74. The SMILES string of the molecule is C[C@@H]1CC[C@H]2[C@]13CC[C@@]1(C)O[C@]2(C)[C@@H](O)[C@H]1C3. The fourth-order valence-corrected chi connectivity index (χ4v) is 6.16. The maximum atomic E-state index is 10.7. The van der Waals surface area contributed by atoms with E-state index >= 15 is 0 Å². The lowest BCUT2D eigenvalue weighted by atomic mass is 9.50. The Morgan fingerprint density at radius 2 is 1.94 bits per heavy atom.